The second-order valence-electron chi connectivity index (χ2n) is 3.16. The standard InChI is InChI=1S/C10H15N3O/c1-4-13(3)10-5-8(2)9(6-11-10)7-12-14/h5-7,14H,4H2,1-3H3/b12-7+. The zero-order valence-electron chi connectivity index (χ0n) is 8.73. The van der Waals surface area contributed by atoms with Crippen LogP contribution in [0.25, 0.3) is 0 Å². The van der Waals surface area contributed by atoms with Crippen molar-refractivity contribution >= 4 is 12.0 Å². The number of nitrogens with zero attached hydrogens (tertiary/aromatic N) is 3. The van der Waals surface area contributed by atoms with Crippen LogP contribution >= 0.6 is 0 Å². The van der Waals surface area contributed by atoms with Crippen LogP contribution in [0.5, 0.6) is 0 Å². The molecule has 1 N–H and O–H groups in total. The fraction of sp³-hybridized carbons (Fsp3) is 0.400. The van der Waals surface area contributed by atoms with Crippen LogP contribution in [0.1, 0.15) is 18.1 Å². The van der Waals surface area contributed by atoms with E-state index in [1.54, 1.807) is 6.20 Å². The van der Waals surface area contributed by atoms with Gasteiger partial charge in [-0.05, 0) is 25.5 Å². The summed E-state index contributed by atoms with van der Waals surface area (Å²) in [6.45, 7) is 4.95. The molecule has 0 fully saturated rings. The van der Waals surface area contributed by atoms with Crippen LogP contribution in [0.15, 0.2) is 17.4 Å². The maximum atomic E-state index is 8.40. The lowest BCUT2D eigenvalue weighted by atomic mass is 10.2. The first kappa shape index (κ1) is 10.5. The summed E-state index contributed by atoms with van der Waals surface area (Å²) in [5.41, 5.74) is 1.88. The third-order valence-corrected chi connectivity index (χ3v) is 2.20. The van der Waals surface area contributed by atoms with Gasteiger partial charge in [0, 0.05) is 25.4 Å². The molecule has 1 aromatic heterocycles. The van der Waals surface area contributed by atoms with Gasteiger partial charge in [-0.3, -0.25) is 0 Å². The number of rotatable bonds is 3. The molecule has 0 aliphatic heterocycles. The topological polar surface area (TPSA) is 48.7 Å². The van der Waals surface area contributed by atoms with Gasteiger partial charge in [-0.1, -0.05) is 5.16 Å². The number of hydrogen-bond acceptors (Lipinski definition) is 4. The highest BCUT2D eigenvalue weighted by Crippen LogP contribution is 2.13. The highest BCUT2D eigenvalue weighted by Gasteiger charge is 2.02. The van der Waals surface area contributed by atoms with Gasteiger partial charge in [-0.15, -0.1) is 0 Å². The van der Waals surface area contributed by atoms with Gasteiger partial charge in [-0.25, -0.2) is 4.98 Å². The van der Waals surface area contributed by atoms with E-state index in [0.717, 1.165) is 23.5 Å². The van der Waals surface area contributed by atoms with Crippen molar-refractivity contribution < 1.29 is 5.21 Å². The summed E-state index contributed by atoms with van der Waals surface area (Å²) in [6, 6.07) is 1.97. The number of oxime groups is 1. The summed E-state index contributed by atoms with van der Waals surface area (Å²) in [5.74, 6) is 0.931. The lowest BCUT2D eigenvalue weighted by molar-refractivity contribution is 0.322. The van der Waals surface area contributed by atoms with Gasteiger partial charge >= 0.3 is 0 Å². The van der Waals surface area contributed by atoms with Crippen LogP contribution in [0.2, 0.25) is 0 Å². The predicted molar refractivity (Wildman–Crippen MR) is 57.3 cm³/mol. The van der Waals surface area contributed by atoms with Crippen molar-refractivity contribution in [3.05, 3.63) is 23.4 Å². The molecular weight excluding hydrogens is 178 g/mol. The van der Waals surface area contributed by atoms with Crippen molar-refractivity contribution in [2.45, 2.75) is 13.8 Å². The van der Waals surface area contributed by atoms with Crippen molar-refractivity contribution in [1.29, 1.82) is 0 Å². The summed E-state index contributed by atoms with van der Waals surface area (Å²) >= 11 is 0. The summed E-state index contributed by atoms with van der Waals surface area (Å²) in [4.78, 5) is 6.30. The van der Waals surface area contributed by atoms with Crippen molar-refractivity contribution in [2.75, 3.05) is 18.5 Å². The zero-order valence-corrected chi connectivity index (χ0v) is 8.73. The van der Waals surface area contributed by atoms with E-state index in [9.17, 15) is 0 Å². The van der Waals surface area contributed by atoms with E-state index in [1.165, 1.54) is 6.21 Å². The molecule has 1 rings (SSSR count). The molecule has 1 heterocycles. The smallest absolute Gasteiger partial charge is 0.128 e. The van der Waals surface area contributed by atoms with Gasteiger partial charge in [-0.2, -0.15) is 0 Å². The minimum Gasteiger partial charge on any atom is -0.411 e. The molecule has 0 aliphatic carbocycles. The summed E-state index contributed by atoms with van der Waals surface area (Å²) < 4.78 is 0. The number of aryl methyl sites for hydroxylation is 1. The van der Waals surface area contributed by atoms with Crippen LogP contribution in [0.4, 0.5) is 5.82 Å². The molecule has 0 bridgehead atoms. The molecule has 0 atom stereocenters. The van der Waals surface area contributed by atoms with Gasteiger partial charge in [0.05, 0.1) is 6.21 Å². The van der Waals surface area contributed by atoms with Crippen molar-refractivity contribution in [3.63, 3.8) is 0 Å². The van der Waals surface area contributed by atoms with Gasteiger partial charge in [0.1, 0.15) is 5.82 Å². The van der Waals surface area contributed by atoms with E-state index < -0.39 is 0 Å². The number of hydrogen-bond donors (Lipinski definition) is 1. The van der Waals surface area contributed by atoms with Crippen molar-refractivity contribution in [2.24, 2.45) is 5.16 Å². The summed E-state index contributed by atoms with van der Waals surface area (Å²) in [6.07, 6.45) is 3.09. The maximum absolute atomic E-state index is 8.40. The molecule has 0 unspecified atom stereocenters. The summed E-state index contributed by atoms with van der Waals surface area (Å²) in [7, 11) is 1.99. The number of anilines is 1. The van der Waals surface area contributed by atoms with E-state index in [0.29, 0.717) is 0 Å². The molecule has 0 spiro atoms. The molecule has 0 saturated carbocycles. The molecule has 1 aromatic rings. The Hall–Kier alpha value is -1.58. The van der Waals surface area contributed by atoms with Crippen LogP contribution in [-0.4, -0.2) is 30.0 Å². The van der Waals surface area contributed by atoms with Crippen LogP contribution in [0, 0.1) is 6.92 Å². The Kier molecular flexibility index (Phi) is 3.45. The second kappa shape index (κ2) is 4.60. The van der Waals surface area contributed by atoms with Crippen LogP contribution in [-0.2, 0) is 0 Å². The van der Waals surface area contributed by atoms with E-state index in [1.807, 2.05) is 24.9 Å². The average molecular weight is 193 g/mol. The monoisotopic (exact) mass is 193 g/mol. The number of pyridine rings is 1. The Labute approximate surface area is 83.9 Å². The Bertz CT molecular complexity index is 336. The first-order valence-electron chi connectivity index (χ1n) is 4.54. The van der Waals surface area contributed by atoms with Crippen molar-refractivity contribution in [1.82, 2.24) is 4.98 Å². The van der Waals surface area contributed by atoms with Crippen molar-refractivity contribution in [3.8, 4) is 0 Å². The van der Waals surface area contributed by atoms with Crippen LogP contribution < -0.4 is 4.90 Å². The van der Waals surface area contributed by atoms with Gasteiger partial charge in [0.2, 0.25) is 0 Å². The Morgan fingerprint density at radius 2 is 2.36 bits per heavy atom. The Morgan fingerprint density at radius 1 is 1.64 bits per heavy atom. The van der Waals surface area contributed by atoms with E-state index in [-0.39, 0.29) is 0 Å². The molecule has 4 heteroatoms. The minimum absolute atomic E-state index is 0.834. The normalized spacial score (nSPS) is 10.8. The van der Waals surface area contributed by atoms with Crippen LogP contribution in [0.3, 0.4) is 0 Å². The molecule has 14 heavy (non-hydrogen) atoms. The third-order valence-electron chi connectivity index (χ3n) is 2.20. The second-order valence-corrected chi connectivity index (χ2v) is 3.16. The maximum Gasteiger partial charge on any atom is 0.128 e. The molecule has 0 aliphatic rings. The minimum atomic E-state index is 0.834. The van der Waals surface area contributed by atoms with Gasteiger partial charge in [0.15, 0.2) is 0 Å². The first-order chi connectivity index (χ1) is 6.69. The van der Waals surface area contributed by atoms with E-state index >= 15 is 0 Å². The van der Waals surface area contributed by atoms with Gasteiger partial charge < -0.3 is 10.1 Å². The largest absolute Gasteiger partial charge is 0.411 e. The highest BCUT2D eigenvalue weighted by molar-refractivity contribution is 5.81. The molecule has 76 valence electrons. The number of aromatic nitrogens is 1. The fourth-order valence-corrected chi connectivity index (χ4v) is 1.12. The molecular formula is C10H15N3O. The van der Waals surface area contributed by atoms with E-state index in [2.05, 4.69) is 17.1 Å². The van der Waals surface area contributed by atoms with E-state index in [4.69, 9.17) is 5.21 Å². The van der Waals surface area contributed by atoms with Gasteiger partial charge in [0.25, 0.3) is 0 Å². The lowest BCUT2D eigenvalue weighted by Gasteiger charge is -2.16. The average Bonchev–Trinajstić information content (AvgIpc) is 2.20. The zero-order chi connectivity index (χ0) is 10.6. The summed E-state index contributed by atoms with van der Waals surface area (Å²) in [5, 5.41) is 11.4. The third kappa shape index (κ3) is 2.22. The Morgan fingerprint density at radius 3 is 2.86 bits per heavy atom. The molecule has 0 amide bonds. The SMILES string of the molecule is CCN(C)c1cc(C)c(/C=N/O)cn1. The lowest BCUT2D eigenvalue weighted by Crippen LogP contribution is -2.17. The first-order valence-corrected chi connectivity index (χ1v) is 4.54. The molecule has 0 radical (unpaired) electrons. The Balaban J connectivity index is 3.00. The molecule has 0 saturated heterocycles. The molecule has 4 nitrogen and oxygen atoms in total. The predicted octanol–water partition coefficient (Wildman–Crippen LogP) is 1.65. The fourth-order valence-electron chi connectivity index (χ4n) is 1.12. The highest BCUT2D eigenvalue weighted by atomic mass is 16.4. The quantitative estimate of drug-likeness (QED) is 0.451. The molecule has 0 aromatic carbocycles.